The number of pyridine rings is 1. The largest absolute Gasteiger partial charge is 0.326 e. The highest BCUT2D eigenvalue weighted by Gasteiger charge is 2.39. The van der Waals surface area contributed by atoms with Crippen LogP contribution in [0.5, 0.6) is 0 Å². The zero-order valence-corrected chi connectivity index (χ0v) is 18.9. The first-order chi connectivity index (χ1) is 16.5. The number of aromatic nitrogens is 1. The summed E-state index contributed by atoms with van der Waals surface area (Å²) in [7, 11) is 0. The van der Waals surface area contributed by atoms with E-state index in [1.54, 1.807) is 17.2 Å². The van der Waals surface area contributed by atoms with E-state index in [2.05, 4.69) is 15.3 Å². The van der Waals surface area contributed by atoms with Crippen molar-refractivity contribution >= 4 is 45.8 Å². The Kier molecular flexibility index (Phi) is 7.28. The number of hydrogen-bond donors (Lipinski definition) is 1. The van der Waals surface area contributed by atoms with Crippen LogP contribution in [0.4, 0.5) is 17.1 Å². The number of nitro groups is 1. The number of nitrogens with one attached hydrogen (secondary N) is 1. The van der Waals surface area contributed by atoms with Crippen LogP contribution in [0.15, 0.2) is 84.0 Å². The van der Waals surface area contributed by atoms with E-state index >= 15 is 0 Å². The number of amides is 2. The summed E-state index contributed by atoms with van der Waals surface area (Å²) in [5.74, 6) is -0.609. The molecule has 172 valence electrons. The van der Waals surface area contributed by atoms with Crippen LogP contribution in [-0.4, -0.2) is 43.6 Å². The molecule has 1 unspecified atom stereocenters. The van der Waals surface area contributed by atoms with E-state index in [1.807, 2.05) is 48.5 Å². The molecule has 4 rings (SSSR count). The molecular weight excluding hydrogens is 454 g/mol. The molecule has 0 bridgehead atoms. The van der Waals surface area contributed by atoms with E-state index in [1.165, 1.54) is 30.0 Å². The Morgan fingerprint density at radius 1 is 1.12 bits per heavy atom. The maximum Gasteiger partial charge on any atom is 0.271 e. The van der Waals surface area contributed by atoms with Crippen LogP contribution in [0.2, 0.25) is 0 Å². The number of nitrogens with zero attached hydrogens (tertiary/aromatic N) is 4. The third kappa shape index (κ3) is 5.84. The van der Waals surface area contributed by atoms with E-state index in [4.69, 9.17) is 0 Å². The van der Waals surface area contributed by atoms with Crippen molar-refractivity contribution in [2.75, 3.05) is 11.9 Å². The fraction of sp³-hybridized carbons (Fsp3) is 0.167. The number of hydrogen-bond acceptors (Lipinski definition) is 7. The Hall–Kier alpha value is -4.05. The van der Waals surface area contributed by atoms with E-state index in [9.17, 15) is 19.7 Å². The minimum Gasteiger partial charge on any atom is -0.326 e. The number of aliphatic imine (C=N–C) groups is 1. The van der Waals surface area contributed by atoms with E-state index in [0.29, 0.717) is 29.5 Å². The Labute approximate surface area is 200 Å². The van der Waals surface area contributed by atoms with Crippen molar-refractivity contribution in [2.45, 2.75) is 18.1 Å². The van der Waals surface area contributed by atoms with Crippen molar-refractivity contribution in [3.63, 3.8) is 0 Å². The van der Waals surface area contributed by atoms with Crippen molar-refractivity contribution in [1.29, 1.82) is 0 Å². The standard InChI is InChI=1S/C24H21N5O4S/c30-22(26-19-10-6-11-20(15-19)29(32)33)16-21-23(31)28(14-12-17-7-4-5-13-25-17)24(34-21)27-18-8-2-1-3-9-18/h1-11,13,15,21H,12,14,16H2,(H,26,30). The number of rotatable bonds is 8. The van der Waals surface area contributed by atoms with Gasteiger partial charge in [0.1, 0.15) is 5.25 Å². The highest BCUT2D eigenvalue weighted by atomic mass is 32.2. The monoisotopic (exact) mass is 475 g/mol. The molecule has 0 saturated carbocycles. The zero-order valence-electron chi connectivity index (χ0n) is 18.0. The Morgan fingerprint density at radius 2 is 1.91 bits per heavy atom. The van der Waals surface area contributed by atoms with Crippen molar-refractivity contribution in [3.8, 4) is 0 Å². The van der Waals surface area contributed by atoms with E-state index in [-0.39, 0.29) is 18.0 Å². The predicted octanol–water partition coefficient (Wildman–Crippen LogP) is 4.19. The van der Waals surface area contributed by atoms with Crippen LogP contribution < -0.4 is 5.32 Å². The highest BCUT2D eigenvalue weighted by Crippen LogP contribution is 2.32. The molecule has 0 radical (unpaired) electrons. The van der Waals surface area contributed by atoms with Gasteiger partial charge in [-0.15, -0.1) is 0 Å². The van der Waals surface area contributed by atoms with Gasteiger partial charge in [0.2, 0.25) is 11.8 Å². The number of anilines is 1. The second-order valence-electron chi connectivity index (χ2n) is 7.46. The number of non-ortho nitro benzene ring substituents is 1. The molecule has 0 spiro atoms. The SMILES string of the molecule is O=C(CC1SC(=Nc2ccccc2)N(CCc2ccccn2)C1=O)Nc1cccc([N+](=O)[O-])c1. The van der Waals surface area contributed by atoms with Gasteiger partial charge in [-0.2, -0.15) is 0 Å². The van der Waals surface area contributed by atoms with Crippen molar-refractivity contribution in [3.05, 3.63) is 94.8 Å². The Morgan fingerprint density at radius 3 is 2.65 bits per heavy atom. The molecule has 9 nitrogen and oxygen atoms in total. The maximum atomic E-state index is 13.2. The fourth-order valence-electron chi connectivity index (χ4n) is 3.39. The van der Waals surface area contributed by atoms with Crippen LogP contribution in [0.25, 0.3) is 0 Å². The van der Waals surface area contributed by atoms with Gasteiger partial charge in [0.15, 0.2) is 5.17 Å². The molecule has 1 atom stereocenters. The summed E-state index contributed by atoms with van der Waals surface area (Å²) in [6.45, 7) is 0.386. The van der Waals surface area contributed by atoms with Crippen LogP contribution in [-0.2, 0) is 16.0 Å². The second kappa shape index (κ2) is 10.7. The first kappa shape index (κ1) is 23.1. The van der Waals surface area contributed by atoms with Gasteiger partial charge in [0.25, 0.3) is 5.69 Å². The van der Waals surface area contributed by atoms with Gasteiger partial charge in [0, 0.05) is 49.1 Å². The first-order valence-electron chi connectivity index (χ1n) is 10.6. The molecule has 1 aromatic heterocycles. The summed E-state index contributed by atoms with van der Waals surface area (Å²) in [5.41, 5.74) is 1.75. The molecule has 1 N–H and O–H groups in total. The fourth-order valence-corrected chi connectivity index (χ4v) is 4.58. The minimum absolute atomic E-state index is 0.0832. The average molecular weight is 476 g/mol. The Bertz CT molecular complexity index is 1220. The predicted molar refractivity (Wildman–Crippen MR) is 131 cm³/mol. The van der Waals surface area contributed by atoms with Gasteiger partial charge in [-0.25, -0.2) is 4.99 Å². The summed E-state index contributed by atoms with van der Waals surface area (Å²) < 4.78 is 0. The third-order valence-electron chi connectivity index (χ3n) is 5.03. The smallest absolute Gasteiger partial charge is 0.271 e. The number of para-hydroxylation sites is 1. The number of thioether (sulfide) groups is 1. The number of carbonyl (C=O) groups excluding carboxylic acids is 2. The van der Waals surface area contributed by atoms with Gasteiger partial charge >= 0.3 is 0 Å². The van der Waals surface area contributed by atoms with Gasteiger partial charge in [-0.3, -0.25) is 29.6 Å². The lowest BCUT2D eigenvalue weighted by molar-refractivity contribution is -0.384. The average Bonchev–Trinajstić information content (AvgIpc) is 3.12. The molecular formula is C24H21N5O4S. The van der Waals surface area contributed by atoms with Gasteiger partial charge in [-0.1, -0.05) is 42.1 Å². The molecule has 34 heavy (non-hydrogen) atoms. The number of amidine groups is 1. The van der Waals surface area contributed by atoms with Crippen LogP contribution >= 0.6 is 11.8 Å². The van der Waals surface area contributed by atoms with Gasteiger partial charge in [0.05, 0.1) is 10.6 Å². The molecule has 3 aromatic rings. The number of benzene rings is 2. The van der Waals surface area contributed by atoms with Crippen molar-refractivity contribution in [2.24, 2.45) is 4.99 Å². The van der Waals surface area contributed by atoms with Crippen LogP contribution in [0.3, 0.4) is 0 Å². The molecule has 10 heteroatoms. The molecule has 2 amide bonds. The number of carbonyl (C=O) groups is 2. The van der Waals surface area contributed by atoms with Gasteiger partial charge < -0.3 is 5.32 Å². The maximum absolute atomic E-state index is 13.2. The first-order valence-corrected chi connectivity index (χ1v) is 11.4. The van der Waals surface area contributed by atoms with Crippen LogP contribution in [0, 0.1) is 10.1 Å². The third-order valence-corrected chi connectivity index (χ3v) is 6.21. The summed E-state index contributed by atoms with van der Waals surface area (Å²) >= 11 is 1.24. The number of nitro benzene ring substituents is 1. The summed E-state index contributed by atoms with van der Waals surface area (Å²) in [6.07, 6.45) is 2.17. The summed E-state index contributed by atoms with van der Waals surface area (Å²) in [5, 5.41) is 13.5. The van der Waals surface area contributed by atoms with Crippen molar-refractivity contribution in [1.82, 2.24) is 9.88 Å². The lowest BCUT2D eigenvalue weighted by Gasteiger charge is -2.16. The zero-order chi connectivity index (χ0) is 23.9. The topological polar surface area (TPSA) is 118 Å². The van der Waals surface area contributed by atoms with E-state index in [0.717, 1.165) is 5.69 Å². The second-order valence-corrected chi connectivity index (χ2v) is 8.63. The quantitative estimate of drug-likeness (QED) is 0.385. The molecule has 1 saturated heterocycles. The van der Waals surface area contributed by atoms with Crippen LogP contribution in [0.1, 0.15) is 12.1 Å². The molecule has 1 aliphatic rings. The molecule has 1 fully saturated rings. The summed E-state index contributed by atoms with van der Waals surface area (Å²) in [6, 6.07) is 20.6. The normalized spacial score (nSPS) is 16.6. The lowest BCUT2D eigenvalue weighted by Crippen LogP contribution is -2.35. The van der Waals surface area contributed by atoms with E-state index < -0.39 is 16.1 Å². The molecule has 2 heterocycles. The molecule has 2 aromatic carbocycles. The molecule has 1 aliphatic heterocycles. The summed E-state index contributed by atoms with van der Waals surface area (Å²) in [4.78, 5) is 46.8. The Balaban J connectivity index is 1.48. The minimum atomic E-state index is -0.648. The van der Waals surface area contributed by atoms with Crippen molar-refractivity contribution < 1.29 is 14.5 Å². The molecule has 0 aliphatic carbocycles. The highest BCUT2D eigenvalue weighted by molar-refractivity contribution is 8.15. The van der Waals surface area contributed by atoms with Gasteiger partial charge in [-0.05, 0) is 30.3 Å². The lowest BCUT2D eigenvalue weighted by atomic mass is 10.2.